The molecule has 80 valence electrons. The fraction of sp³-hybridized carbons (Fsp3) is 0.455. The monoisotopic (exact) mass is 221 g/mol. The van der Waals surface area contributed by atoms with Gasteiger partial charge in [-0.05, 0) is 18.9 Å². The smallest absolute Gasteiger partial charge is 0.114 e. The zero-order valence-electron chi connectivity index (χ0n) is 9.03. The Morgan fingerprint density at radius 1 is 1.40 bits per heavy atom. The van der Waals surface area contributed by atoms with Crippen molar-refractivity contribution in [2.75, 3.05) is 0 Å². The second-order valence-electron chi connectivity index (χ2n) is 3.73. The predicted molar refractivity (Wildman–Crippen MR) is 63.9 cm³/mol. The molecule has 15 heavy (non-hydrogen) atoms. The molecule has 0 aliphatic heterocycles. The van der Waals surface area contributed by atoms with Crippen LogP contribution in [0.2, 0.25) is 0 Å². The van der Waals surface area contributed by atoms with Crippen molar-refractivity contribution in [2.24, 2.45) is 5.73 Å². The number of fused-ring (bicyclic) bond motifs is 1. The predicted octanol–water partition coefficient (Wildman–Crippen LogP) is 2.67. The van der Waals surface area contributed by atoms with E-state index in [0.717, 1.165) is 28.1 Å². The highest BCUT2D eigenvalue weighted by Crippen LogP contribution is 2.32. The van der Waals surface area contributed by atoms with Crippen LogP contribution in [-0.2, 0) is 5.54 Å². The van der Waals surface area contributed by atoms with Gasteiger partial charge in [0.25, 0.3) is 0 Å². The number of nitrogens with zero attached hydrogens (tertiary/aromatic N) is 2. The van der Waals surface area contributed by atoms with E-state index in [1.165, 1.54) is 0 Å². The van der Waals surface area contributed by atoms with Gasteiger partial charge in [-0.1, -0.05) is 13.8 Å². The molecule has 0 saturated carbocycles. The third-order valence-electron chi connectivity index (χ3n) is 2.88. The summed E-state index contributed by atoms with van der Waals surface area (Å²) in [6.07, 6.45) is 5.41. The molecule has 0 unspecified atom stereocenters. The Morgan fingerprint density at radius 3 is 2.73 bits per heavy atom. The fourth-order valence-corrected chi connectivity index (χ4v) is 2.72. The van der Waals surface area contributed by atoms with Crippen molar-refractivity contribution >= 4 is 21.6 Å². The Kier molecular flexibility index (Phi) is 2.71. The second kappa shape index (κ2) is 3.87. The molecule has 0 spiro atoms. The van der Waals surface area contributed by atoms with E-state index in [1.807, 2.05) is 6.07 Å². The number of hydrogen-bond acceptors (Lipinski definition) is 4. The van der Waals surface area contributed by atoms with Crippen LogP contribution in [0.25, 0.3) is 10.2 Å². The minimum Gasteiger partial charge on any atom is -0.319 e. The molecule has 2 aromatic rings. The molecule has 0 aromatic carbocycles. The molecule has 0 fully saturated rings. The highest BCUT2D eigenvalue weighted by atomic mass is 32.1. The summed E-state index contributed by atoms with van der Waals surface area (Å²) in [6.45, 7) is 4.21. The van der Waals surface area contributed by atoms with Gasteiger partial charge in [-0.3, -0.25) is 4.98 Å². The molecule has 0 atom stereocenters. The molecular weight excluding hydrogens is 206 g/mol. The van der Waals surface area contributed by atoms with Gasteiger partial charge in [0, 0.05) is 6.20 Å². The maximum Gasteiger partial charge on any atom is 0.114 e. The molecule has 0 saturated heterocycles. The van der Waals surface area contributed by atoms with Crippen LogP contribution < -0.4 is 5.73 Å². The van der Waals surface area contributed by atoms with E-state index >= 15 is 0 Å². The zero-order chi connectivity index (χ0) is 10.9. The fourth-order valence-electron chi connectivity index (χ4n) is 1.55. The van der Waals surface area contributed by atoms with Crippen LogP contribution >= 0.6 is 11.3 Å². The van der Waals surface area contributed by atoms with Gasteiger partial charge in [-0.25, -0.2) is 4.98 Å². The Morgan fingerprint density at radius 2 is 2.13 bits per heavy atom. The van der Waals surface area contributed by atoms with Crippen LogP contribution in [0.15, 0.2) is 18.5 Å². The van der Waals surface area contributed by atoms with Crippen molar-refractivity contribution in [1.29, 1.82) is 0 Å². The van der Waals surface area contributed by atoms with Gasteiger partial charge in [0.05, 0.1) is 22.0 Å². The zero-order valence-corrected chi connectivity index (χ0v) is 9.84. The van der Waals surface area contributed by atoms with Crippen molar-refractivity contribution < 1.29 is 0 Å². The van der Waals surface area contributed by atoms with Crippen molar-refractivity contribution in [2.45, 2.75) is 32.2 Å². The van der Waals surface area contributed by atoms with Crippen molar-refractivity contribution in [3.8, 4) is 0 Å². The third-order valence-corrected chi connectivity index (χ3v) is 4.13. The summed E-state index contributed by atoms with van der Waals surface area (Å²) in [4.78, 5) is 8.62. The van der Waals surface area contributed by atoms with Gasteiger partial charge in [0.15, 0.2) is 0 Å². The standard InChI is InChI=1S/C11H15N3S/c1-3-11(12,4-2)10-14-8-7-13-6-5-9(8)15-10/h5-7H,3-4,12H2,1-2H3. The summed E-state index contributed by atoms with van der Waals surface area (Å²) >= 11 is 1.68. The molecule has 2 aromatic heterocycles. The summed E-state index contributed by atoms with van der Waals surface area (Å²) in [5, 5.41) is 1.02. The van der Waals surface area contributed by atoms with Crippen LogP contribution in [0.4, 0.5) is 0 Å². The Balaban J connectivity index is 2.52. The lowest BCUT2D eigenvalue weighted by Crippen LogP contribution is -2.34. The Bertz CT molecular complexity index is 427. The summed E-state index contributed by atoms with van der Waals surface area (Å²) in [7, 11) is 0. The molecule has 0 radical (unpaired) electrons. The van der Waals surface area contributed by atoms with E-state index in [2.05, 4.69) is 23.8 Å². The minimum atomic E-state index is -0.274. The maximum absolute atomic E-state index is 6.31. The topological polar surface area (TPSA) is 51.8 Å². The van der Waals surface area contributed by atoms with Gasteiger partial charge >= 0.3 is 0 Å². The molecule has 2 N–H and O–H groups in total. The molecule has 4 heteroatoms. The van der Waals surface area contributed by atoms with E-state index < -0.39 is 0 Å². The van der Waals surface area contributed by atoms with E-state index in [4.69, 9.17) is 5.73 Å². The van der Waals surface area contributed by atoms with Crippen molar-refractivity contribution in [3.63, 3.8) is 0 Å². The summed E-state index contributed by atoms with van der Waals surface area (Å²) in [6, 6.07) is 1.99. The van der Waals surface area contributed by atoms with Gasteiger partial charge < -0.3 is 5.73 Å². The number of pyridine rings is 1. The SMILES string of the molecule is CCC(N)(CC)c1nc2cnccc2s1. The lowest BCUT2D eigenvalue weighted by atomic mass is 9.95. The van der Waals surface area contributed by atoms with Crippen LogP contribution in [0.3, 0.4) is 0 Å². The van der Waals surface area contributed by atoms with E-state index in [-0.39, 0.29) is 5.54 Å². The summed E-state index contributed by atoms with van der Waals surface area (Å²) in [5.74, 6) is 0. The van der Waals surface area contributed by atoms with Crippen molar-refractivity contribution in [3.05, 3.63) is 23.5 Å². The maximum atomic E-state index is 6.31. The van der Waals surface area contributed by atoms with Gasteiger partial charge in [0.2, 0.25) is 0 Å². The Hall–Kier alpha value is -1.00. The number of rotatable bonds is 3. The highest BCUT2D eigenvalue weighted by Gasteiger charge is 2.26. The first-order chi connectivity index (χ1) is 7.19. The van der Waals surface area contributed by atoms with Crippen LogP contribution in [0, 0.1) is 0 Å². The molecule has 0 aliphatic carbocycles. The summed E-state index contributed by atoms with van der Waals surface area (Å²) < 4.78 is 1.16. The normalized spacial score (nSPS) is 12.2. The van der Waals surface area contributed by atoms with Gasteiger partial charge in [-0.15, -0.1) is 11.3 Å². The quantitative estimate of drug-likeness (QED) is 0.867. The average molecular weight is 221 g/mol. The molecule has 0 amide bonds. The first kappa shape index (κ1) is 10.5. The van der Waals surface area contributed by atoms with Gasteiger partial charge in [0.1, 0.15) is 5.01 Å². The molecular formula is C11H15N3S. The molecule has 3 nitrogen and oxygen atoms in total. The second-order valence-corrected chi connectivity index (χ2v) is 4.76. The number of thiazole rings is 1. The molecule has 0 bridgehead atoms. The lowest BCUT2D eigenvalue weighted by Gasteiger charge is -2.23. The number of aromatic nitrogens is 2. The van der Waals surface area contributed by atoms with Crippen LogP contribution in [0.1, 0.15) is 31.7 Å². The number of nitrogens with two attached hydrogens (primary N) is 1. The Labute approximate surface area is 93.4 Å². The largest absolute Gasteiger partial charge is 0.319 e. The summed E-state index contributed by atoms with van der Waals surface area (Å²) in [5.41, 5.74) is 6.99. The van der Waals surface area contributed by atoms with E-state index in [1.54, 1.807) is 23.7 Å². The van der Waals surface area contributed by atoms with Gasteiger partial charge in [-0.2, -0.15) is 0 Å². The highest BCUT2D eigenvalue weighted by molar-refractivity contribution is 7.18. The van der Waals surface area contributed by atoms with Crippen molar-refractivity contribution in [1.82, 2.24) is 9.97 Å². The molecule has 2 heterocycles. The first-order valence-corrected chi connectivity index (χ1v) is 6.01. The minimum absolute atomic E-state index is 0.274. The third kappa shape index (κ3) is 1.75. The van der Waals surface area contributed by atoms with E-state index in [0.29, 0.717) is 0 Å². The molecule has 0 aliphatic rings. The average Bonchev–Trinajstić information content (AvgIpc) is 2.72. The van der Waals surface area contributed by atoms with Crippen LogP contribution in [0.5, 0.6) is 0 Å². The number of hydrogen-bond donors (Lipinski definition) is 1. The van der Waals surface area contributed by atoms with E-state index in [9.17, 15) is 0 Å². The first-order valence-electron chi connectivity index (χ1n) is 5.19. The molecule has 2 rings (SSSR count). The lowest BCUT2D eigenvalue weighted by molar-refractivity contribution is 0.411. The van der Waals surface area contributed by atoms with Crippen LogP contribution in [-0.4, -0.2) is 9.97 Å².